The second-order valence-corrected chi connectivity index (χ2v) is 4.38. The van der Waals surface area contributed by atoms with Gasteiger partial charge in [-0.05, 0) is 19.0 Å². The molecule has 0 aliphatic heterocycles. The van der Waals surface area contributed by atoms with Gasteiger partial charge in [-0.25, -0.2) is 0 Å². The summed E-state index contributed by atoms with van der Waals surface area (Å²) in [5, 5.41) is 9.33. The Balaban J connectivity index is 2.40. The van der Waals surface area contributed by atoms with Crippen LogP contribution in [-0.2, 0) is 7.05 Å². The third kappa shape index (κ3) is 2.39. The predicted molar refractivity (Wildman–Crippen MR) is 75.2 cm³/mol. The molecule has 0 amide bonds. The van der Waals surface area contributed by atoms with Crippen LogP contribution in [0.2, 0.25) is 0 Å². The largest absolute Gasteiger partial charge is 0.309 e. The van der Waals surface area contributed by atoms with Crippen molar-refractivity contribution in [3.05, 3.63) is 30.0 Å². The molecule has 0 aliphatic carbocycles. The summed E-state index contributed by atoms with van der Waals surface area (Å²) in [6.07, 6.45) is 7.05. The highest BCUT2D eigenvalue weighted by Crippen LogP contribution is 2.25. The molecular weight excluding hydrogens is 222 g/mol. The molecule has 2 rings (SSSR count). The number of nitrogens with zero attached hydrogens (tertiary/aromatic N) is 2. The summed E-state index contributed by atoms with van der Waals surface area (Å²) >= 11 is 0. The number of terminal acetylenes is 1. The van der Waals surface area contributed by atoms with Crippen LogP contribution in [0.25, 0.3) is 10.9 Å². The SMILES string of the molecule is C#CCCC(NCC)c1nn(C)c2ccccc12. The molecule has 18 heavy (non-hydrogen) atoms. The van der Waals surface area contributed by atoms with Crippen molar-refractivity contribution in [1.29, 1.82) is 0 Å². The third-order valence-corrected chi connectivity index (χ3v) is 3.14. The standard InChI is InChI=1S/C15H19N3/c1-4-6-10-13(16-5-2)15-12-9-7-8-11-14(12)18(3)17-15/h1,7-9,11,13,16H,5-6,10H2,2-3H3. The van der Waals surface area contributed by atoms with Crippen molar-refractivity contribution in [2.24, 2.45) is 7.05 Å². The second-order valence-electron chi connectivity index (χ2n) is 4.38. The zero-order chi connectivity index (χ0) is 13.0. The number of aryl methyl sites for hydroxylation is 1. The highest BCUT2D eigenvalue weighted by molar-refractivity contribution is 5.82. The summed E-state index contributed by atoms with van der Waals surface area (Å²) in [5.41, 5.74) is 2.27. The van der Waals surface area contributed by atoms with Gasteiger partial charge in [0.1, 0.15) is 0 Å². The van der Waals surface area contributed by atoms with Crippen LogP contribution in [0.5, 0.6) is 0 Å². The van der Waals surface area contributed by atoms with E-state index in [1.54, 1.807) is 0 Å². The summed E-state index contributed by atoms with van der Waals surface area (Å²) in [7, 11) is 1.98. The normalized spacial score (nSPS) is 12.5. The lowest BCUT2D eigenvalue weighted by atomic mass is 10.0. The molecule has 0 saturated carbocycles. The molecule has 1 N–H and O–H groups in total. The summed E-state index contributed by atoms with van der Waals surface area (Å²) in [6, 6.07) is 8.54. The van der Waals surface area contributed by atoms with Crippen LogP contribution >= 0.6 is 0 Å². The van der Waals surface area contributed by atoms with Gasteiger partial charge in [0.2, 0.25) is 0 Å². The van der Waals surface area contributed by atoms with Gasteiger partial charge >= 0.3 is 0 Å². The van der Waals surface area contributed by atoms with E-state index in [2.05, 4.69) is 41.5 Å². The van der Waals surface area contributed by atoms with Crippen LogP contribution in [0.1, 0.15) is 31.5 Å². The number of hydrogen-bond acceptors (Lipinski definition) is 2. The lowest BCUT2D eigenvalue weighted by Gasteiger charge is -2.14. The van der Waals surface area contributed by atoms with Gasteiger partial charge in [-0.2, -0.15) is 5.10 Å². The van der Waals surface area contributed by atoms with Crippen LogP contribution in [0, 0.1) is 12.3 Å². The highest BCUT2D eigenvalue weighted by Gasteiger charge is 2.17. The lowest BCUT2D eigenvalue weighted by molar-refractivity contribution is 0.506. The maximum absolute atomic E-state index is 5.37. The minimum absolute atomic E-state index is 0.233. The fraction of sp³-hybridized carbons (Fsp3) is 0.400. The van der Waals surface area contributed by atoms with E-state index in [0.29, 0.717) is 0 Å². The van der Waals surface area contributed by atoms with Crippen molar-refractivity contribution in [1.82, 2.24) is 15.1 Å². The first-order valence-corrected chi connectivity index (χ1v) is 6.36. The molecule has 1 heterocycles. The fourth-order valence-electron chi connectivity index (χ4n) is 2.31. The Morgan fingerprint density at radius 2 is 2.22 bits per heavy atom. The van der Waals surface area contributed by atoms with E-state index in [-0.39, 0.29) is 6.04 Å². The van der Waals surface area contributed by atoms with Gasteiger partial charge in [-0.1, -0.05) is 25.1 Å². The number of para-hydroxylation sites is 1. The maximum Gasteiger partial charge on any atom is 0.0872 e. The van der Waals surface area contributed by atoms with Crippen LogP contribution in [0.15, 0.2) is 24.3 Å². The van der Waals surface area contributed by atoms with E-state index < -0.39 is 0 Å². The van der Waals surface area contributed by atoms with E-state index in [0.717, 1.165) is 30.6 Å². The van der Waals surface area contributed by atoms with Crippen molar-refractivity contribution in [2.45, 2.75) is 25.8 Å². The molecule has 0 fully saturated rings. The molecule has 3 heteroatoms. The molecule has 1 aromatic carbocycles. The number of hydrogen-bond donors (Lipinski definition) is 1. The van der Waals surface area contributed by atoms with Gasteiger partial charge < -0.3 is 5.32 Å². The zero-order valence-electron chi connectivity index (χ0n) is 11.0. The molecular formula is C15H19N3. The van der Waals surface area contributed by atoms with Gasteiger partial charge in [0, 0.05) is 18.9 Å². The van der Waals surface area contributed by atoms with E-state index in [4.69, 9.17) is 6.42 Å². The summed E-state index contributed by atoms with van der Waals surface area (Å²) in [5.74, 6) is 2.71. The van der Waals surface area contributed by atoms with E-state index in [9.17, 15) is 0 Å². The molecule has 1 unspecified atom stereocenters. The molecule has 0 aliphatic rings. The minimum atomic E-state index is 0.233. The molecule has 0 bridgehead atoms. The summed E-state index contributed by atoms with van der Waals surface area (Å²) < 4.78 is 1.94. The van der Waals surface area contributed by atoms with Crippen LogP contribution < -0.4 is 5.32 Å². The topological polar surface area (TPSA) is 29.9 Å². The fourth-order valence-corrected chi connectivity index (χ4v) is 2.31. The van der Waals surface area contributed by atoms with E-state index in [1.807, 2.05) is 17.8 Å². The minimum Gasteiger partial charge on any atom is -0.309 e. The number of fused-ring (bicyclic) bond motifs is 1. The summed E-state index contributed by atoms with van der Waals surface area (Å²) in [6.45, 7) is 3.02. The lowest BCUT2D eigenvalue weighted by Crippen LogP contribution is -2.21. The third-order valence-electron chi connectivity index (χ3n) is 3.14. The Morgan fingerprint density at radius 3 is 2.94 bits per heavy atom. The molecule has 0 spiro atoms. The molecule has 1 atom stereocenters. The Bertz CT molecular complexity index is 563. The van der Waals surface area contributed by atoms with Crippen molar-refractivity contribution in [3.8, 4) is 12.3 Å². The smallest absolute Gasteiger partial charge is 0.0872 e. The van der Waals surface area contributed by atoms with Crippen LogP contribution in [0.4, 0.5) is 0 Å². The molecule has 2 aromatic rings. The summed E-state index contributed by atoms with van der Waals surface area (Å²) in [4.78, 5) is 0. The molecule has 0 radical (unpaired) electrons. The zero-order valence-corrected chi connectivity index (χ0v) is 11.0. The van der Waals surface area contributed by atoms with Crippen molar-refractivity contribution >= 4 is 10.9 Å². The maximum atomic E-state index is 5.37. The number of rotatable bonds is 5. The Hall–Kier alpha value is -1.79. The second kappa shape index (κ2) is 5.70. The van der Waals surface area contributed by atoms with Gasteiger partial charge in [-0.3, -0.25) is 4.68 Å². The van der Waals surface area contributed by atoms with Gasteiger partial charge in [0.05, 0.1) is 17.3 Å². The average Bonchev–Trinajstić information content (AvgIpc) is 2.73. The number of aromatic nitrogens is 2. The van der Waals surface area contributed by atoms with Gasteiger partial charge in [-0.15, -0.1) is 12.3 Å². The molecule has 1 aromatic heterocycles. The van der Waals surface area contributed by atoms with Crippen molar-refractivity contribution in [3.63, 3.8) is 0 Å². The average molecular weight is 241 g/mol. The highest BCUT2D eigenvalue weighted by atomic mass is 15.3. The number of benzene rings is 1. The predicted octanol–water partition coefficient (Wildman–Crippen LogP) is 2.64. The van der Waals surface area contributed by atoms with Gasteiger partial charge in [0.25, 0.3) is 0 Å². The quantitative estimate of drug-likeness (QED) is 0.816. The first-order valence-electron chi connectivity index (χ1n) is 6.36. The number of nitrogens with one attached hydrogen (secondary N) is 1. The van der Waals surface area contributed by atoms with Crippen molar-refractivity contribution < 1.29 is 0 Å². The Labute approximate surface area is 108 Å². The van der Waals surface area contributed by atoms with E-state index in [1.165, 1.54) is 5.39 Å². The van der Waals surface area contributed by atoms with Crippen molar-refractivity contribution in [2.75, 3.05) is 6.54 Å². The Kier molecular flexibility index (Phi) is 4.01. The van der Waals surface area contributed by atoms with Gasteiger partial charge in [0.15, 0.2) is 0 Å². The van der Waals surface area contributed by atoms with Crippen LogP contribution in [0.3, 0.4) is 0 Å². The molecule has 94 valence electrons. The van der Waals surface area contributed by atoms with E-state index >= 15 is 0 Å². The molecule has 3 nitrogen and oxygen atoms in total. The Morgan fingerprint density at radius 1 is 1.44 bits per heavy atom. The van der Waals surface area contributed by atoms with Crippen LogP contribution in [-0.4, -0.2) is 16.3 Å². The first kappa shape index (κ1) is 12.7. The molecule has 0 saturated heterocycles. The first-order chi connectivity index (χ1) is 8.77. The monoisotopic (exact) mass is 241 g/mol.